The maximum Gasteiger partial charge on any atom is 0.200 e. The summed E-state index contributed by atoms with van der Waals surface area (Å²) < 4.78 is 0. The van der Waals surface area contributed by atoms with Crippen molar-refractivity contribution in [2.75, 3.05) is 30.3 Å². The number of ketones is 2. The number of aromatic hydroxyl groups is 2. The number of nitrogens with one attached hydrogen (secondary N) is 2. The number of phenols is 2. The third kappa shape index (κ3) is 3.94. The number of hydrogen-bond donors (Lipinski definition) is 5. The first kappa shape index (κ1) is 21.2. The zero-order valence-electron chi connectivity index (χ0n) is 17.1. The molecule has 0 atom stereocenters. The quantitative estimate of drug-likeness (QED) is 0.167. The Hall–Kier alpha value is -3.55. The summed E-state index contributed by atoms with van der Waals surface area (Å²) in [7, 11) is 0. The van der Waals surface area contributed by atoms with Crippen LogP contribution >= 0.6 is 0 Å². The Bertz CT molecular complexity index is 1030. The number of rotatable bonds is 8. The van der Waals surface area contributed by atoms with E-state index < -0.39 is 11.6 Å². The molecular formula is C22H26N4O4. The van der Waals surface area contributed by atoms with Gasteiger partial charge in [0.2, 0.25) is 11.6 Å². The van der Waals surface area contributed by atoms with Gasteiger partial charge in [-0.2, -0.15) is 0 Å². The highest BCUT2D eigenvalue weighted by Crippen LogP contribution is 2.42. The third-order valence-electron chi connectivity index (χ3n) is 4.91. The number of carbonyl (C=O) groups excluding carboxylic acids is 2. The molecule has 1 aliphatic carbocycles. The Morgan fingerprint density at radius 3 is 1.87 bits per heavy atom. The Morgan fingerprint density at radius 1 is 0.900 bits per heavy atom. The fourth-order valence-corrected chi connectivity index (χ4v) is 3.48. The van der Waals surface area contributed by atoms with E-state index >= 15 is 0 Å². The second-order valence-electron chi connectivity index (χ2n) is 7.15. The van der Waals surface area contributed by atoms with Gasteiger partial charge in [0, 0.05) is 24.5 Å². The van der Waals surface area contributed by atoms with Crippen molar-refractivity contribution in [3.05, 3.63) is 46.5 Å². The maximum atomic E-state index is 13.3. The summed E-state index contributed by atoms with van der Waals surface area (Å²) in [5.74, 6) is -1.14. The summed E-state index contributed by atoms with van der Waals surface area (Å²) in [6.45, 7) is 5.11. The molecule has 0 aromatic heterocycles. The van der Waals surface area contributed by atoms with Gasteiger partial charge in [-0.05, 0) is 37.6 Å². The minimum Gasteiger partial charge on any atom is -0.507 e. The second kappa shape index (κ2) is 8.86. The van der Waals surface area contributed by atoms with Gasteiger partial charge in [0.1, 0.15) is 11.5 Å². The number of fused-ring (bicyclic) bond motifs is 2. The van der Waals surface area contributed by atoms with Crippen LogP contribution in [-0.4, -0.2) is 47.2 Å². The van der Waals surface area contributed by atoms with Crippen molar-refractivity contribution in [3.63, 3.8) is 0 Å². The smallest absolute Gasteiger partial charge is 0.200 e. The molecule has 0 radical (unpaired) electrons. The van der Waals surface area contributed by atoms with Gasteiger partial charge >= 0.3 is 0 Å². The molecule has 0 saturated heterocycles. The van der Waals surface area contributed by atoms with Gasteiger partial charge in [0.15, 0.2) is 0 Å². The van der Waals surface area contributed by atoms with Crippen LogP contribution in [-0.2, 0) is 0 Å². The molecule has 0 fully saturated rings. The number of amidine groups is 1. The van der Waals surface area contributed by atoms with Crippen LogP contribution in [0.5, 0.6) is 11.5 Å². The molecular weight excluding hydrogens is 384 g/mol. The molecule has 3 rings (SSSR count). The zero-order valence-corrected chi connectivity index (χ0v) is 17.1. The standard InChI is InChI=1S/C22H26N4O4/c1-3-4-9-25-13-5-7-15(27)19-17(13)21(29)20-16(28)8-6-14(18(20)22(19)30)26-11-10-24-12(2)23/h5-8,25-28H,3-4,9-11H2,1-2H3,(H2,23,24). The average molecular weight is 410 g/mol. The summed E-state index contributed by atoms with van der Waals surface area (Å²) in [6.07, 6.45) is 1.85. The molecule has 0 saturated carbocycles. The molecule has 158 valence electrons. The predicted molar refractivity (Wildman–Crippen MR) is 117 cm³/mol. The first-order valence-electron chi connectivity index (χ1n) is 9.92. The number of nitrogens with two attached hydrogens (primary N) is 1. The lowest BCUT2D eigenvalue weighted by Gasteiger charge is -2.24. The first-order chi connectivity index (χ1) is 14.4. The number of unbranched alkanes of at least 4 members (excludes halogenated alkanes) is 1. The van der Waals surface area contributed by atoms with Crippen LogP contribution < -0.4 is 16.4 Å². The van der Waals surface area contributed by atoms with E-state index in [1.807, 2.05) is 6.92 Å². The van der Waals surface area contributed by atoms with Crippen molar-refractivity contribution in [2.45, 2.75) is 26.7 Å². The maximum absolute atomic E-state index is 13.3. The largest absolute Gasteiger partial charge is 0.507 e. The molecule has 1 aliphatic rings. The Labute approximate surface area is 174 Å². The van der Waals surface area contributed by atoms with E-state index in [4.69, 9.17) is 5.73 Å². The van der Waals surface area contributed by atoms with Crippen molar-refractivity contribution in [3.8, 4) is 11.5 Å². The highest BCUT2D eigenvalue weighted by Gasteiger charge is 2.37. The average Bonchev–Trinajstić information content (AvgIpc) is 2.71. The van der Waals surface area contributed by atoms with Crippen LogP contribution in [0.4, 0.5) is 11.4 Å². The van der Waals surface area contributed by atoms with E-state index in [0.29, 0.717) is 36.8 Å². The molecule has 2 aromatic rings. The minimum absolute atomic E-state index is 0.0435. The second-order valence-corrected chi connectivity index (χ2v) is 7.15. The lowest BCUT2D eigenvalue weighted by atomic mass is 9.81. The van der Waals surface area contributed by atoms with E-state index in [9.17, 15) is 19.8 Å². The van der Waals surface area contributed by atoms with Gasteiger partial charge < -0.3 is 26.6 Å². The van der Waals surface area contributed by atoms with Crippen molar-refractivity contribution in [1.29, 1.82) is 0 Å². The van der Waals surface area contributed by atoms with Gasteiger partial charge in [-0.25, -0.2) is 0 Å². The molecule has 30 heavy (non-hydrogen) atoms. The van der Waals surface area contributed by atoms with Crippen molar-refractivity contribution in [1.82, 2.24) is 0 Å². The Morgan fingerprint density at radius 2 is 1.40 bits per heavy atom. The fraction of sp³-hybridized carbons (Fsp3) is 0.318. The van der Waals surface area contributed by atoms with Crippen LogP contribution in [0.25, 0.3) is 0 Å². The monoisotopic (exact) mass is 410 g/mol. The van der Waals surface area contributed by atoms with Crippen LogP contribution in [0.2, 0.25) is 0 Å². The molecule has 6 N–H and O–H groups in total. The van der Waals surface area contributed by atoms with Crippen molar-refractivity contribution >= 4 is 28.8 Å². The van der Waals surface area contributed by atoms with Crippen LogP contribution in [0.1, 0.15) is 58.5 Å². The van der Waals surface area contributed by atoms with E-state index in [0.717, 1.165) is 12.8 Å². The number of hydrogen-bond acceptors (Lipinski definition) is 7. The SMILES string of the molecule is CCCCNc1ccc(O)c2c1C(=O)c1c(O)ccc(NCCN=C(C)N)c1C2=O. The molecule has 0 spiro atoms. The van der Waals surface area contributed by atoms with E-state index in [1.54, 1.807) is 13.0 Å². The summed E-state index contributed by atoms with van der Waals surface area (Å²) in [6, 6.07) is 5.88. The highest BCUT2D eigenvalue weighted by atomic mass is 16.3. The van der Waals surface area contributed by atoms with Gasteiger partial charge in [-0.15, -0.1) is 0 Å². The van der Waals surface area contributed by atoms with Crippen LogP contribution in [0, 0.1) is 0 Å². The molecule has 0 heterocycles. The molecule has 0 amide bonds. The van der Waals surface area contributed by atoms with E-state index in [2.05, 4.69) is 15.6 Å². The minimum atomic E-state index is -0.520. The summed E-state index contributed by atoms with van der Waals surface area (Å²) in [5, 5.41) is 27.0. The predicted octanol–water partition coefficient (Wildman–Crippen LogP) is 2.87. The summed E-state index contributed by atoms with van der Waals surface area (Å²) >= 11 is 0. The molecule has 8 heteroatoms. The Kier molecular flexibility index (Phi) is 6.25. The lowest BCUT2D eigenvalue weighted by molar-refractivity contribution is 0.0975. The zero-order chi connectivity index (χ0) is 21.8. The van der Waals surface area contributed by atoms with Crippen molar-refractivity contribution in [2.24, 2.45) is 10.7 Å². The number of nitrogens with zero attached hydrogens (tertiary/aromatic N) is 1. The van der Waals surface area contributed by atoms with Gasteiger partial charge in [0.05, 0.1) is 34.6 Å². The molecule has 0 bridgehead atoms. The molecule has 0 unspecified atom stereocenters. The number of carbonyl (C=O) groups is 2. The topological polar surface area (TPSA) is 137 Å². The highest BCUT2D eigenvalue weighted by molar-refractivity contribution is 6.33. The number of benzene rings is 2. The normalized spacial score (nSPS) is 13.1. The Balaban J connectivity index is 2.05. The van der Waals surface area contributed by atoms with Crippen LogP contribution in [0.15, 0.2) is 29.3 Å². The van der Waals surface area contributed by atoms with Gasteiger partial charge in [0.25, 0.3) is 0 Å². The van der Waals surface area contributed by atoms with Gasteiger partial charge in [-0.3, -0.25) is 14.6 Å². The van der Waals surface area contributed by atoms with Crippen molar-refractivity contribution < 1.29 is 19.8 Å². The van der Waals surface area contributed by atoms with Crippen LogP contribution in [0.3, 0.4) is 0 Å². The number of anilines is 2. The lowest BCUT2D eigenvalue weighted by Crippen LogP contribution is -2.25. The first-order valence-corrected chi connectivity index (χ1v) is 9.92. The summed E-state index contributed by atoms with van der Waals surface area (Å²) in [4.78, 5) is 30.7. The fourth-order valence-electron chi connectivity index (χ4n) is 3.48. The van der Waals surface area contributed by atoms with E-state index in [1.165, 1.54) is 18.2 Å². The summed E-state index contributed by atoms with van der Waals surface area (Å²) in [5.41, 5.74) is 6.38. The van der Waals surface area contributed by atoms with E-state index in [-0.39, 0.29) is 33.8 Å². The molecule has 0 aliphatic heterocycles. The van der Waals surface area contributed by atoms with Gasteiger partial charge in [-0.1, -0.05) is 13.3 Å². The number of aliphatic imine (C=N–C) groups is 1. The molecule has 8 nitrogen and oxygen atoms in total. The number of phenolic OH excluding ortho intramolecular Hbond substituents is 2. The third-order valence-corrected chi connectivity index (χ3v) is 4.91. The molecule has 2 aromatic carbocycles.